The van der Waals surface area contributed by atoms with Crippen LogP contribution in [0.15, 0.2) is 41.4 Å². The van der Waals surface area contributed by atoms with Crippen molar-refractivity contribution in [3.8, 4) is 5.75 Å². The molecule has 1 aliphatic heterocycles. The fourth-order valence-electron chi connectivity index (χ4n) is 1.40. The minimum absolute atomic E-state index is 0.0867. The molecule has 1 aliphatic rings. The lowest BCUT2D eigenvalue weighted by Gasteiger charge is -1.98. The SMILES string of the molecule is COc1ccc(C2=NC2C=CC=O)cc1. The van der Waals surface area contributed by atoms with Crippen molar-refractivity contribution in [1.82, 2.24) is 0 Å². The second-order valence-electron chi connectivity index (χ2n) is 3.21. The molecular formula is C12H11NO2. The average Bonchev–Trinajstić information content (AvgIpc) is 3.06. The standard InChI is InChI=1S/C12H11NO2/c1-15-10-6-4-9(5-7-10)12-11(13-12)3-2-8-14/h2-8,11H,1H3. The highest BCUT2D eigenvalue weighted by molar-refractivity contribution is 6.14. The first-order valence-corrected chi connectivity index (χ1v) is 4.69. The van der Waals surface area contributed by atoms with Crippen LogP contribution >= 0.6 is 0 Å². The summed E-state index contributed by atoms with van der Waals surface area (Å²) in [6, 6.07) is 7.82. The molecule has 0 aromatic heterocycles. The van der Waals surface area contributed by atoms with Gasteiger partial charge in [0.15, 0.2) is 0 Å². The number of hydrogen-bond acceptors (Lipinski definition) is 3. The van der Waals surface area contributed by atoms with Gasteiger partial charge < -0.3 is 4.74 Å². The number of carbonyl (C=O) groups is 1. The summed E-state index contributed by atoms with van der Waals surface area (Å²) in [5.41, 5.74) is 2.10. The van der Waals surface area contributed by atoms with Crippen molar-refractivity contribution in [2.75, 3.05) is 7.11 Å². The van der Waals surface area contributed by atoms with Gasteiger partial charge in [0.25, 0.3) is 0 Å². The van der Waals surface area contributed by atoms with Crippen LogP contribution in [0.1, 0.15) is 5.56 Å². The highest BCUT2D eigenvalue weighted by Gasteiger charge is 2.25. The second-order valence-corrected chi connectivity index (χ2v) is 3.21. The Labute approximate surface area is 88.1 Å². The largest absolute Gasteiger partial charge is 0.497 e. The number of methoxy groups -OCH3 is 1. The van der Waals surface area contributed by atoms with Crippen LogP contribution in [0, 0.1) is 0 Å². The van der Waals surface area contributed by atoms with Crippen molar-refractivity contribution >= 4 is 12.0 Å². The molecule has 0 aliphatic carbocycles. The van der Waals surface area contributed by atoms with Crippen molar-refractivity contribution in [2.45, 2.75) is 6.04 Å². The van der Waals surface area contributed by atoms with E-state index in [-0.39, 0.29) is 6.04 Å². The third-order valence-electron chi connectivity index (χ3n) is 2.25. The molecule has 15 heavy (non-hydrogen) atoms. The van der Waals surface area contributed by atoms with E-state index in [0.717, 1.165) is 23.3 Å². The molecule has 3 heteroatoms. The number of aldehydes is 1. The van der Waals surface area contributed by atoms with Gasteiger partial charge in [-0.1, -0.05) is 6.08 Å². The Hall–Kier alpha value is -1.90. The van der Waals surface area contributed by atoms with Crippen LogP contribution in [0.4, 0.5) is 0 Å². The molecule has 0 saturated carbocycles. The van der Waals surface area contributed by atoms with Gasteiger partial charge in [-0.25, -0.2) is 0 Å². The molecule has 0 amide bonds. The van der Waals surface area contributed by atoms with E-state index < -0.39 is 0 Å². The van der Waals surface area contributed by atoms with Gasteiger partial charge in [0.1, 0.15) is 18.1 Å². The maximum atomic E-state index is 10.1. The Morgan fingerprint density at radius 2 is 2.07 bits per heavy atom. The third kappa shape index (κ3) is 2.13. The molecule has 1 aromatic carbocycles. The van der Waals surface area contributed by atoms with Crippen molar-refractivity contribution in [3.05, 3.63) is 42.0 Å². The lowest BCUT2D eigenvalue weighted by atomic mass is 10.1. The van der Waals surface area contributed by atoms with Gasteiger partial charge in [-0.15, -0.1) is 0 Å². The summed E-state index contributed by atoms with van der Waals surface area (Å²) in [6.07, 6.45) is 4.02. The fraction of sp³-hybridized carbons (Fsp3) is 0.167. The van der Waals surface area contributed by atoms with Gasteiger partial charge in [-0.05, 0) is 35.9 Å². The van der Waals surface area contributed by atoms with E-state index in [2.05, 4.69) is 4.99 Å². The zero-order valence-electron chi connectivity index (χ0n) is 8.38. The van der Waals surface area contributed by atoms with Crippen LogP contribution in [0.3, 0.4) is 0 Å². The third-order valence-corrected chi connectivity index (χ3v) is 2.25. The minimum Gasteiger partial charge on any atom is -0.497 e. The van der Waals surface area contributed by atoms with Crippen molar-refractivity contribution in [2.24, 2.45) is 4.99 Å². The van der Waals surface area contributed by atoms with Crippen LogP contribution in [0.25, 0.3) is 0 Å². The van der Waals surface area contributed by atoms with E-state index in [9.17, 15) is 4.79 Å². The number of aliphatic imine (C=N–C) groups is 1. The first-order chi connectivity index (χ1) is 7.35. The van der Waals surface area contributed by atoms with Gasteiger partial charge in [0.05, 0.1) is 12.8 Å². The maximum absolute atomic E-state index is 10.1. The van der Waals surface area contributed by atoms with Crippen LogP contribution in [-0.2, 0) is 4.79 Å². The minimum atomic E-state index is 0.0867. The molecule has 0 bridgehead atoms. The fourth-order valence-corrected chi connectivity index (χ4v) is 1.40. The van der Waals surface area contributed by atoms with Crippen LogP contribution in [-0.4, -0.2) is 25.1 Å². The molecule has 1 aromatic rings. The number of benzene rings is 1. The summed E-state index contributed by atoms with van der Waals surface area (Å²) in [5, 5.41) is 0. The molecule has 1 unspecified atom stereocenters. The second kappa shape index (κ2) is 4.09. The van der Waals surface area contributed by atoms with E-state index in [1.807, 2.05) is 24.3 Å². The van der Waals surface area contributed by atoms with Crippen molar-refractivity contribution in [1.29, 1.82) is 0 Å². The molecule has 0 N–H and O–H groups in total. The average molecular weight is 201 g/mol. The van der Waals surface area contributed by atoms with Gasteiger partial charge in [-0.2, -0.15) is 0 Å². The number of allylic oxidation sites excluding steroid dienone is 1. The summed E-state index contributed by atoms with van der Waals surface area (Å²) in [5.74, 6) is 0.833. The van der Waals surface area contributed by atoms with E-state index in [0.29, 0.717) is 0 Å². The number of rotatable bonds is 4. The number of nitrogens with zero attached hydrogens (tertiary/aromatic N) is 1. The van der Waals surface area contributed by atoms with Gasteiger partial charge in [0, 0.05) is 0 Å². The number of hydrogen-bond donors (Lipinski definition) is 0. The molecular weight excluding hydrogens is 190 g/mol. The molecule has 0 fully saturated rings. The number of ether oxygens (including phenoxy) is 1. The lowest BCUT2D eigenvalue weighted by molar-refractivity contribution is -0.104. The lowest BCUT2D eigenvalue weighted by Crippen LogP contribution is -1.95. The van der Waals surface area contributed by atoms with E-state index in [1.54, 1.807) is 13.2 Å². The number of carbonyl (C=O) groups excluding carboxylic acids is 1. The smallest absolute Gasteiger partial charge is 0.142 e. The molecule has 0 spiro atoms. The topological polar surface area (TPSA) is 38.7 Å². The Bertz CT molecular complexity index is 418. The Balaban J connectivity index is 2.03. The Morgan fingerprint density at radius 1 is 1.33 bits per heavy atom. The summed E-state index contributed by atoms with van der Waals surface area (Å²) >= 11 is 0. The van der Waals surface area contributed by atoms with Gasteiger partial charge in [-0.3, -0.25) is 9.79 Å². The molecule has 0 saturated heterocycles. The van der Waals surface area contributed by atoms with Crippen LogP contribution in [0.2, 0.25) is 0 Å². The molecule has 3 nitrogen and oxygen atoms in total. The summed E-state index contributed by atoms with van der Waals surface area (Å²) in [6.45, 7) is 0. The molecule has 1 heterocycles. The van der Waals surface area contributed by atoms with Crippen molar-refractivity contribution < 1.29 is 9.53 Å². The monoisotopic (exact) mass is 201 g/mol. The van der Waals surface area contributed by atoms with E-state index in [1.165, 1.54) is 6.08 Å². The van der Waals surface area contributed by atoms with Crippen LogP contribution in [0.5, 0.6) is 5.75 Å². The van der Waals surface area contributed by atoms with Crippen molar-refractivity contribution in [3.63, 3.8) is 0 Å². The molecule has 76 valence electrons. The van der Waals surface area contributed by atoms with Crippen LogP contribution < -0.4 is 4.74 Å². The summed E-state index contributed by atoms with van der Waals surface area (Å²) in [7, 11) is 1.64. The highest BCUT2D eigenvalue weighted by atomic mass is 16.5. The highest BCUT2D eigenvalue weighted by Crippen LogP contribution is 2.22. The van der Waals surface area contributed by atoms with Gasteiger partial charge >= 0.3 is 0 Å². The molecule has 1 atom stereocenters. The first kappa shape index (κ1) is 9.65. The summed E-state index contributed by atoms with van der Waals surface area (Å²) < 4.78 is 5.06. The zero-order valence-corrected chi connectivity index (χ0v) is 8.38. The molecule has 0 radical (unpaired) electrons. The normalized spacial score (nSPS) is 18.7. The Kier molecular flexibility index (Phi) is 2.63. The predicted octanol–water partition coefficient (Wildman–Crippen LogP) is 1.62. The zero-order chi connectivity index (χ0) is 10.7. The Morgan fingerprint density at radius 3 is 2.67 bits per heavy atom. The predicted molar refractivity (Wildman–Crippen MR) is 58.5 cm³/mol. The van der Waals surface area contributed by atoms with E-state index in [4.69, 9.17) is 4.74 Å². The molecule has 2 rings (SSSR count). The quantitative estimate of drug-likeness (QED) is 0.548. The maximum Gasteiger partial charge on any atom is 0.142 e. The first-order valence-electron chi connectivity index (χ1n) is 4.69. The van der Waals surface area contributed by atoms with E-state index >= 15 is 0 Å². The summed E-state index contributed by atoms with van der Waals surface area (Å²) in [4.78, 5) is 14.4. The van der Waals surface area contributed by atoms with Gasteiger partial charge in [0.2, 0.25) is 0 Å².